The smallest absolute Gasteiger partial charge is 0.237 e. The Bertz CT molecular complexity index is 771. The predicted octanol–water partition coefficient (Wildman–Crippen LogP) is 3.26. The van der Waals surface area contributed by atoms with Gasteiger partial charge in [0.05, 0.1) is 12.6 Å². The highest BCUT2D eigenvalue weighted by molar-refractivity contribution is 5.78. The van der Waals surface area contributed by atoms with E-state index in [0.29, 0.717) is 13.1 Å². The zero-order valence-corrected chi connectivity index (χ0v) is 16.5. The quantitative estimate of drug-likeness (QED) is 0.829. The molecular formula is C22H28FN3O2. The van der Waals surface area contributed by atoms with Crippen LogP contribution in [0.5, 0.6) is 5.75 Å². The Morgan fingerprint density at radius 1 is 1.07 bits per heavy atom. The Labute approximate surface area is 166 Å². The lowest BCUT2D eigenvalue weighted by Crippen LogP contribution is -2.50. The van der Waals surface area contributed by atoms with Crippen LogP contribution in [0.4, 0.5) is 10.1 Å². The summed E-state index contributed by atoms with van der Waals surface area (Å²) in [7, 11) is 0. The van der Waals surface area contributed by atoms with Gasteiger partial charge in [-0.05, 0) is 55.8 Å². The summed E-state index contributed by atoms with van der Waals surface area (Å²) in [6.45, 7) is 8.28. The molecule has 1 N–H and O–H groups in total. The third kappa shape index (κ3) is 4.81. The standard InChI is InChI=1S/C22H28FN3O2/c1-3-26(17(2)18-4-6-19(23)7-5-18)22(28)16-24-12-14-25(15-13-24)20-8-10-21(27)11-9-20/h4-11,17,27H,3,12-16H2,1-2H3. The molecule has 2 aromatic rings. The summed E-state index contributed by atoms with van der Waals surface area (Å²) in [4.78, 5) is 19.2. The third-order valence-electron chi connectivity index (χ3n) is 5.43. The summed E-state index contributed by atoms with van der Waals surface area (Å²) in [5.41, 5.74) is 2.03. The van der Waals surface area contributed by atoms with Crippen LogP contribution in [0.25, 0.3) is 0 Å². The van der Waals surface area contributed by atoms with Crippen LogP contribution in [0.3, 0.4) is 0 Å². The van der Waals surface area contributed by atoms with Crippen molar-refractivity contribution in [2.24, 2.45) is 0 Å². The summed E-state index contributed by atoms with van der Waals surface area (Å²) < 4.78 is 13.2. The molecular weight excluding hydrogens is 357 g/mol. The number of rotatable bonds is 6. The van der Waals surface area contributed by atoms with Crippen molar-refractivity contribution in [3.63, 3.8) is 0 Å². The topological polar surface area (TPSA) is 47.0 Å². The molecule has 1 saturated heterocycles. The first kappa shape index (κ1) is 20.1. The van der Waals surface area contributed by atoms with Gasteiger partial charge in [0, 0.05) is 38.4 Å². The van der Waals surface area contributed by atoms with E-state index in [2.05, 4.69) is 9.80 Å². The molecule has 1 heterocycles. The molecule has 28 heavy (non-hydrogen) atoms. The second-order valence-electron chi connectivity index (χ2n) is 7.19. The minimum absolute atomic E-state index is 0.0867. The van der Waals surface area contributed by atoms with E-state index in [1.54, 1.807) is 24.3 Å². The van der Waals surface area contributed by atoms with E-state index in [9.17, 15) is 14.3 Å². The van der Waals surface area contributed by atoms with Crippen LogP contribution in [-0.2, 0) is 4.79 Å². The fourth-order valence-corrected chi connectivity index (χ4v) is 3.70. The molecule has 1 aliphatic rings. The highest BCUT2D eigenvalue weighted by Crippen LogP contribution is 2.22. The number of nitrogens with zero attached hydrogens (tertiary/aromatic N) is 3. The van der Waals surface area contributed by atoms with Crippen LogP contribution in [0.2, 0.25) is 0 Å². The number of likely N-dealkylation sites (N-methyl/N-ethyl adjacent to an activating group) is 1. The molecule has 0 saturated carbocycles. The first-order valence-electron chi connectivity index (χ1n) is 9.79. The number of carbonyl (C=O) groups excluding carboxylic acids is 1. The first-order chi connectivity index (χ1) is 13.5. The maximum absolute atomic E-state index is 13.2. The van der Waals surface area contributed by atoms with Crippen LogP contribution in [0.15, 0.2) is 48.5 Å². The minimum Gasteiger partial charge on any atom is -0.508 e. The number of halogens is 1. The van der Waals surface area contributed by atoms with E-state index in [1.807, 2.05) is 30.9 Å². The highest BCUT2D eigenvalue weighted by Gasteiger charge is 2.24. The first-order valence-corrected chi connectivity index (χ1v) is 9.79. The maximum atomic E-state index is 13.2. The average Bonchev–Trinajstić information content (AvgIpc) is 2.70. The fraction of sp³-hybridized carbons (Fsp3) is 0.409. The van der Waals surface area contributed by atoms with E-state index in [4.69, 9.17) is 0 Å². The van der Waals surface area contributed by atoms with Crippen molar-refractivity contribution < 1.29 is 14.3 Å². The average molecular weight is 385 g/mol. The van der Waals surface area contributed by atoms with Crippen molar-refractivity contribution in [3.05, 3.63) is 59.9 Å². The molecule has 150 valence electrons. The molecule has 3 rings (SSSR count). The molecule has 1 fully saturated rings. The highest BCUT2D eigenvalue weighted by atomic mass is 19.1. The molecule has 0 aliphatic carbocycles. The molecule has 2 aromatic carbocycles. The molecule has 6 heteroatoms. The van der Waals surface area contributed by atoms with Gasteiger partial charge in [-0.25, -0.2) is 4.39 Å². The number of piperazine rings is 1. The molecule has 1 atom stereocenters. The summed E-state index contributed by atoms with van der Waals surface area (Å²) in [5, 5.41) is 9.42. The zero-order chi connectivity index (χ0) is 20.1. The maximum Gasteiger partial charge on any atom is 0.237 e. The lowest BCUT2D eigenvalue weighted by molar-refractivity contribution is -0.134. The van der Waals surface area contributed by atoms with E-state index in [1.165, 1.54) is 12.1 Å². The fourth-order valence-electron chi connectivity index (χ4n) is 3.70. The van der Waals surface area contributed by atoms with Crippen LogP contribution < -0.4 is 4.90 Å². The van der Waals surface area contributed by atoms with Gasteiger partial charge in [0.2, 0.25) is 5.91 Å². The van der Waals surface area contributed by atoms with Crippen molar-refractivity contribution in [1.82, 2.24) is 9.80 Å². The minimum atomic E-state index is -0.267. The normalized spacial score (nSPS) is 16.0. The van der Waals surface area contributed by atoms with E-state index >= 15 is 0 Å². The summed E-state index contributed by atoms with van der Waals surface area (Å²) >= 11 is 0. The lowest BCUT2D eigenvalue weighted by Gasteiger charge is -2.37. The molecule has 1 unspecified atom stereocenters. The van der Waals surface area contributed by atoms with Crippen molar-refractivity contribution >= 4 is 11.6 Å². The number of phenolic OH excluding ortho intramolecular Hbond substituents is 1. The van der Waals surface area contributed by atoms with Crippen LogP contribution in [0, 0.1) is 5.82 Å². The van der Waals surface area contributed by atoms with Gasteiger partial charge in [0.25, 0.3) is 0 Å². The Morgan fingerprint density at radius 2 is 1.68 bits per heavy atom. The second-order valence-corrected chi connectivity index (χ2v) is 7.19. The summed E-state index contributed by atoms with van der Waals surface area (Å²) in [5.74, 6) is 0.0946. The molecule has 0 aromatic heterocycles. The monoisotopic (exact) mass is 385 g/mol. The van der Waals surface area contributed by atoms with Gasteiger partial charge in [0.15, 0.2) is 0 Å². The Balaban J connectivity index is 1.55. The van der Waals surface area contributed by atoms with Crippen molar-refractivity contribution in [2.75, 3.05) is 44.2 Å². The Morgan fingerprint density at radius 3 is 2.25 bits per heavy atom. The molecule has 0 bridgehead atoms. The molecule has 5 nitrogen and oxygen atoms in total. The van der Waals surface area contributed by atoms with E-state index in [-0.39, 0.29) is 23.5 Å². The summed E-state index contributed by atoms with van der Waals surface area (Å²) in [6.07, 6.45) is 0. The molecule has 1 amide bonds. The summed E-state index contributed by atoms with van der Waals surface area (Å²) in [6, 6.07) is 13.5. The van der Waals surface area contributed by atoms with Gasteiger partial charge < -0.3 is 14.9 Å². The number of benzene rings is 2. The van der Waals surface area contributed by atoms with Gasteiger partial charge in [-0.3, -0.25) is 9.69 Å². The number of hydrogen-bond donors (Lipinski definition) is 1. The molecule has 0 radical (unpaired) electrons. The number of anilines is 1. The second kappa shape index (κ2) is 9.06. The number of carbonyl (C=O) groups is 1. The zero-order valence-electron chi connectivity index (χ0n) is 16.5. The van der Waals surface area contributed by atoms with Gasteiger partial charge in [-0.1, -0.05) is 12.1 Å². The van der Waals surface area contributed by atoms with Gasteiger partial charge >= 0.3 is 0 Å². The molecule has 1 aliphatic heterocycles. The van der Waals surface area contributed by atoms with Crippen molar-refractivity contribution in [2.45, 2.75) is 19.9 Å². The molecule has 0 spiro atoms. The largest absolute Gasteiger partial charge is 0.508 e. The van der Waals surface area contributed by atoms with Crippen LogP contribution in [0.1, 0.15) is 25.5 Å². The number of aromatic hydroxyl groups is 1. The van der Waals surface area contributed by atoms with Crippen LogP contribution in [-0.4, -0.2) is 60.1 Å². The number of amides is 1. The lowest BCUT2D eigenvalue weighted by atomic mass is 10.1. The Hall–Kier alpha value is -2.60. The van der Waals surface area contributed by atoms with E-state index < -0.39 is 0 Å². The van der Waals surface area contributed by atoms with Gasteiger partial charge in [-0.15, -0.1) is 0 Å². The van der Waals surface area contributed by atoms with Crippen molar-refractivity contribution in [3.8, 4) is 5.75 Å². The van der Waals surface area contributed by atoms with E-state index in [0.717, 1.165) is 37.4 Å². The number of hydrogen-bond acceptors (Lipinski definition) is 4. The Kier molecular flexibility index (Phi) is 6.52. The van der Waals surface area contributed by atoms with Crippen molar-refractivity contribution in [1.29, 1.82) is 0 Å². The van der Waals surface area contributed by atoms with Gasteiger partial charge in [0.1, 0.15) is 11.6 Å². The SMILES string of the molecule is CCN(C(=O)CN1CCN(c2ccc(O)cc2)CC1)C(C)c1ccc(F)cc1. The van der Waals surface area contributed by atoms with Crippen LogP contribution >= 0.6 is 0 Å². The number of phenols is 1. The third-order valence-corrected chi connectivity index (χ3v) is 5.43. The predicted molar refractivity (Wildman–Crippen MR) is 109 cm³/mol. The van der Waals surface area contributed by atoms with Gasteiger partial charge in [-0.2, -0.15) is 0 Å².